The third-order valence-corrected chi connectivity index (χ3v) is 14.7. The van der Waals surface area contributed by atoms with E-state index in [0.717, 1.165) is 72.3 Å². The molecule has 0 radical (unpaired) electrons. The van der Waals surface area contributed by atoms with Crippen LogP contribution in [-0.4, -0.2) is 20.7 Å². The van der Waals surface area contributed by atoms with E-state index in [-0.39, 0.29) is 5.92 Å². The standard InChI is InChI=1S/C64H40N4O/c1-2-15-39(16-3-1)40-29-31-41(32-30-40)64-65-54(36-35-48-44-19-6-10-25-55(44)67-56-26-11-7-20-45(56)49-23-14-24-52(61(49)67)60(48)66-64)51-34-33-50-47-22-9-13-28-59(47)69-63(50)62(51)68-57-27-12-8-21-46(57)53-37-42-17-4-5-18-43(42)38-58(53)68/h1-34,36-38,48H,35H2. The highest BCUT2D eigenvalue weighted by Gasteiger charge is 2.33. The van der Waals surface area contributed by atoms with Gasteiger partial charge in [0, 0.05) is 54.9 Å². The number of rotatable bonds is 4. The van der Waals surface area contributed by atoms with E-state index in [0.29, 0.717) is 12.3 Å². The maximum absolute atomic E-state index is 7.06. The van der Waals surface area contributed by atoms with Crippen molar-refractivity contribution in [3.05, 3.63) is 247 Å². The average Bonchev–Trinajstić information content (AvgIpc) is 4.04. The molecule has 0 N–H and O–H groups in total. The second-order valence-corrected chi connectivity index (χ2v) is 18.4. The molecule has 0 aliphatic carbocycles. The summed E-state index contributed by atoms with van der Waals surface area (Å²) < 4.78 is 12.0. The average molecular weight is 881 g/mol. The molecule has 0 amide bonds. The molecule has 69 heavy (non-hydrogen) atoms. The van der Waals surface area contributed by atoms with Gasteiger partial charge >= 0.3 is 0 Å². The Bertz CT molecular complexity index is 4390. The molecule has 1 unspecified atom stereocenters. The highest BCUT2D eigenvalue weighted by molar-refractivity contribution is 6.25. The van der Waals surface area contributed by atoms with Crippen LogP contribution in [0, 0.1) is 0 Å². The summed E-state index contributed by atoms with van der Waals surface area (Å²) in [6, 6.07) is 78.7. The van der Waals surface area contributed by atoms with Gasteiger partial charge in [0.05, 0.1) is 44.9 Å². The number of allylic oxidation sites excluding steroid dienone is 1. The van der Waals surface area contributed by atoms with Gasteiger partial charge in [-0.05, 0) is 82.4 Å². The molecule has 0 spiro atoms. The lowest BCUT2D eigenvalue weighted by Gasteiger charge is -2.23. The first-order chi connectivity index (χ1) is 34.2. The Hall–Kier alpha value is -9.06. The lowest BCUT2D eigenvalue weighted by Crippen LogP contribution is -2.18. The van der Waals surface area contributed by atoms with Crippen LogP contribution in [0.3, 0.4) is 0 Å². The highest BCUT2D eigenvalue weighted by atomic mass is 16.3. The number of fused-ring (bicyclic) bond motifs is 15. The molecule has 15 rings (SSSR count). The molecule has 0 saturated carbocycles. The first-order valence-electron chi connectivity index (χ1n) is 23.8. The summed E-state index contributed by atoms with van der Waals surface area (Å²) in [5.74, 6) is 0.566. The SMILES string of the molecule is C1=C(c2ccc3c(oc4ccccc43)c2-n2c3ccccc3c3cc4ccccc4cc32)N=C(c2ccc(-c3ccccc3)cc2)N=C2c3cccc4c5ccccc5n(c34)-c3ccccc3C2C1. The number of para-hydroxylation sites is 5. The summed E-state index contributed by atoms with van der Waals surface area (Å²) in [6.07, 6.45) is 3.04. The normalized spacial score (nSPS) is 14.7. The van der Waals surface area contributed by atoms with E-state index in [1.165, 1.54) is 60.2 Å². The number of aliphatic imine (C=N–C) groups is 2. The smallest absolute Gasteiger partial charge is 0.160 e. The van der Waals surface area contributed by atoms with Crippen molar-refractivity contribution in [3.8, 4) is 22.5 Å². The van der Waals surface area contributed by atoms with Gasteiger partial charge in [-0.3, -0.25) is 0 Å². The molecule has 5 heteroatoms. The predicted octanol–water partition coefficient (Wildman–Crippen LogP) is 16.4. The fourth-order valence-electron chi connectivity index (χ4n) is 11.5. The minimum Gasteiger partial charge on any atom is -0.454 e. The van der Waals surface area contributed by atoms with Crippen molar-refractivity contribution in [1.82, 2.24) is 9.13 Å². The first kappa shape index (κ1) is 38.1. The second kappa shape index (κ2) is 14.7. The molecular formula is C64H40N4O. The van der Waals surface area contributed by atoms with Gasteiger partial charge in [0.2, 0.25) is 0 Å². The lowest BCUT2D eigenvalue weighted by molar-refractivity contribution is 0.666. The van der Waals surface area contributed by atoms with Crippen LogP contribution in [0.5, 0.6) is 0 Å². The van der Waals surface area contributed by atoms with Gasteiger partial charge in [-0.25, -0.2) is 9.98 Å². The Balaban J connectivity index is 1.04. The van der Waals surface area contributed by atoms with Crippen LogP contribution < -0.4 is 0 Å². The lowest BCUT2D eigenvalue weighted by atomic mass is 9.85. The minimum absolute atomic E-state index is 0.0902. The van der Waals surface area contributed by atoms with Crippen LogP contribution in [0.4, 0.5) is 0 Å². The van der Waals surface area contributed by atoms with E-state index < -0.39 is 0 Å². The molecule has 2 aliphatic rings. The maximum atomic E-state index is 7.06. The first-order valence-corrected chi connectivity index (χ1v) is 23.8. The number of hydrogen-bond donors (Lipinski definition) is 0. The largest absolute Gasteiger partial charge is 0.454 e. The van der Waals surface area contributed by atoms with E-state index in [1.807, 2.05) is 0 Å². The third kappa shape index (κ3) is 5.65. The van der Waals surface area contributed by atoms with Crippen LogP contribution in [0.15, 0.2) is 239 Å². The number of hydrogen-bond acceptors (Lipinski definition) is 3. The van der Waals surface area contributed by atoms with Crippen LogP contribution in [0.2, 0.25) is 0 Å². The van der Waals surface area contributed by atoms with Gasteiger partial charge in [0.15, 0.2) is 11.4 Å². The number of aromatic nitrogens is 2. The van der Waals surface area contributed by atoms with E-state index in [4.69, 9.17) is 14.4 Å². The maximum Gasteiger partial charge on any atom is 0.160 e. The fraction of sp³-hybridized carbons (Fsp3) is 0.0312. The number of benzene rings is 10. The fourth-order valence-corrected chi connectivity index (χ4v) is 11.5. The molecular weight excluding hydrogens is 841 g/mol. The molecule has 322 valence electrons. The number of furan rings is 1. The van der Waals surface area contributed by atoms with Crippen molar-refractivity contribution in [3.63, 3.8) is 0 Å². The molecule has 10 aromatic carbocycles. The molecule has 1 atom stereocenters. The van der Waals surface area contributed by atoms with Gasteiger partial charge in [-0.1, -0.05) is 176 Å². The van der Waals surface area contributed by atoms with Crippen molar-refractivity contribution >= 4 is 93.6 Å². The zero-order valence-electron chi connectivity index (χ0n) is 37.3. The summed E-state index contributed by atoms with van der Waals surface area (Å²) in [7, 11) is 0. The third-order valence-electron chi connectivity index (χ3n) is 14.7. The Morgan fingerprint density at radius 3 is 1.93 bits per heavy atom. The molecule has 13 aromatic rings. The molecule has 0 fully saturated rings. The summed E-state index contributed by atoms with van der Waals surface area (Å²) in [6.45, 7) is 0. The number of nitrogens with zero attached hydrogens (tertiary/aromatic N) is 4. The zero-order chi connectivity index (χ0) is 45.2. The van der Waals surface area contributed by atoms with Crippen molar-refractivity contribution < 1.29 is 4.42 Å². The van der Waals surface area contributed by atoms with Crippen molar-refractivity contribution in [1.29, 1.82) is 0 Å². The Kier molecular flexibility index (Phi) is 8.13. The van der Waals surface area contributed by atoms with Crippen molar-refractivity contribution in [2.24, 2.45) is 9.98 Å². The van der Waals surface area contributed by atoms with Crippen LogP contribution in [0.1, 0.15) is 34.6 Å². The summed E-state index contributed by atoms with van der Waals surface area (Å²) in [5.41, 5.74) is 16.8. The molecule has 0 bridgehead atoms. The van der Waals surface area contributed by atoms with Gasteiger partial charge in [0.25, 0.3) is 0 Å². The van der Waals surface area contributed by atoms with E-state index in [2.05, 4.69) is 234 Å². The van der Waals surface area contributed by atoms with Crippen LogP contribution >= 0.6 is 0 Å². The molecule has 0 saturated heterocycles. The Morgan fingerprint density at radius 1 is 0.435 bits per heavy atom. The van der Waals surface area contributed by atoms with Crippen LogP contribution in [0.25, 0.3) is 105 Å². The predicted molar refractivity (Wildman–Crippen MR) is 287 cm³/mol. The van der Waals surface area contributed by atoms with E-state index >= 15 is 0 Å². The van der Waals surface area contributed by atoms with Gasteiger partial charge < -0.3 is 13.6 Å². The summed E-state index contributed by atoms with van der Waals surface area (Å²) >= 11 is 0. The number of amidine groups is 1. The Labute approximate surface area is 396 Å². The molecule has 2 aliphatic heterocycles. The minimum atomic E-state index is -0.0902. The quantitative estimate of drug-likeness (QED) is 0.174. The zero-order valence-corrected chi connectivity index (χ0v) is 37.3. The Morgan fingerprint density at radius 2 is 1.09 bits per heavy atom. The highest BCUT2D eigenvalue weighted by Crippen LogP contribution is 2.46. The topological polar surface area (TPSA) is 47.7 Å². The van der Waals surface area contributed by atoms with Gasteiger partial charge in [-0.2, -0.15) is 0 Å². The molecule has 3 aromatic heterocycles. The monoisotopic (exact) mass is 880 g/mol. The second-order valence-electron chi connectivity index (χ2n) is 18.4. The van der Waals surface area contributed by atoms with Crippen molar-refractivity contribution in [2.45, 2.75) is 12.3 Å². The molecule has 5 heterocycles. The summed E-state index contributed by atoms with van der Waals surface area (Å²) in [4.78, 5) is 11.7. The van der Waals surface area contributed by atoms with E-state index in [1.54, 1.807) is 0 Å². The van der Waals surface area contributed by atoms with Crippen LogP contribution in [-0.2, 0) is 0 Å². The van der Waals surface area contributed by atoms with Gasteiger partial charge in [-0.15, -0.1) is 0 Å². The van der Waals surface area contributed by atoms with E-state index in [9.17, 15) is 0 Å². The summed E-state index contributed by atoms with van der Waals surface area (Å²) in [5, 5.41) is 9.34. The molecule has 5 nitrogen and oxygen atoms in total. The van der Waals surface area contributed by atoms with Crippen molar-refractivity contribution in [2.75, 3.05) is 0 Å². The van der Waals surface area contributed by atoms with Gasteiger partial charge in [0.1, 0.15) is 5.58 Å².